The third kappa shape index (κ3) is 4.49. The van der Waals surface area contributed by atoms with Crippen LogP contribution in [0.15, 0.2) is 55.0 Å². The highest BCUT2D eigenvalue weighted by Crippen LogP contribution is 2.31. The van der Waals surface area contributed by atoms with Crippen LogP contribution in [-0.2, 0) is 6.42 Å². The lowest BCUT2D eigenvalue weighted by molar-refractivity contribution is 0.0744. The van der Waals surface area contributed by atoms with Gasteiger partial charge in [-0.1, -0.05) is 0 Å². The van der Waals surface area contributed by atoms with Gasteiger partial charge >= 0.3 is 0 Å². The topological polar surface area (TPSA) is 61.9 Å². The minimum atomic E-state index is -0.305. The highest BCUT2D eigenvalue weighted by Gasteiger charge is 2.29. The molecule has 2 aromatic heterocycles. The van der Waals surface area contributed by atoms with Crippen LogP contribution < -0.4 is 0 Å². The molecule has 1 amide bonds. The van der Waals surface area contributed by atoms with E-state index in [1.54, 1.807) is 25.1 Å². The van der Waals surface area contributed by atoms with Crippen LogP contribution in [0.3, 0.4) is 0 Å². The summed E-state index contributed by atoms with van der Waals surface area (Å²) in [6.07, 6.45) is 7.71. The van der Waals surface area contributed by atoms with Crippen LogP contribution in [-0.4, -0.2) is 38.8 Å². The van der Waals surface area contributed by atoms with E-state index in [2.05, 4.69) is 15.0 Å². The minimum absolute atomic E-state index is 0.196. The van der Waals surface area contributed by atoms with Gasteiger partial charge in [-0.25, -0.2) is 13.8 Å². The molecule has 0 radical (unpaired) electrons. The molecule has 0 atom stereocenters. The first-order chi connectivity index (χ1) is 16.0. The van der Waals surface area contributed by atoms with Gasteiger partial charge < -0.3 is 9.88 Å². The van der Waals surface area contributed by atoms with Gasteiger partial charge in [-0.05, 0) is 79.6 Å². The number of carbonyl (C=O) groups excluding carboxylic acids is 1. The Kier molecular flexibility index (Phi) is 5.62. The first-order valence-electron chi connectivity index (χ1n) is 11.1. The molecule has 1 aliphatic rings. The molecule has 5 nitrogen and oxygen atoms in total. The molecule has 0 spiro atoms. The molecule has 1 fully saturated rings. The molecule has 2 aromatic carbocycles. The molecule has 33 heavy (non-hydrogen) atoms. The van der Waals surface area contributed by atoms with E-state index >= 15 is 0 Å². The molecule has 0 aliphatic heterocycles. The highest BCUT2D eigenvalue weighted by molar-refractivity contribution is 5.98. The fourth-order valence-corrected chi connectivity index (χ4v) is 4.15. The van der Waals surface area contributed by atoms with Gasteiger partial charge in [0.05, 0.1) is 0 Å². The monoisotopic (exact) mass is 446 g/mol. The summed E-state index contributed by atoms with van der Waals surface area (Å²) in [7, 11) is 0. The second-order valence-corrected chi connectivity index (χ2v) is 8.67. The molecule has 2 heterocycles. The SMILES string of the molecule is Cc1cc(-c2nccnc2C(=O)N(CCc2c[nH]c3ccc(F)cc23)CC2CC2)ccc1F. The third-order valence-corrected chi connectivity index (χ3v) is 6.18. The summed E-state index contributed by atoms with van der Waals surface area (Å²) >= 11 is 0. The lowest BCUT2D eigenvalue weighted by Crippen LogP contribution is -2.35. The van der Waals surface area contributed by atoms with Crippen LogP contribution in [0.5, 0.6) is 0 Å². The van der Waals surface area contributed by atoms with E-state index in [1.165, 1.54) is 30.6 Å². The van der Waals surface area contributed by atoms with Crippen molar-refractivity contribution >= 4 is 16.8 Å². The van der Waals surface area contributed by atoms with Gasteiger partial charge in [0.25, 0.3) is 5.91 Å². The van der Waals surface area contributed by atoms with Gasteiger partial charge in [0.15, 0.2) is 5.69 Å². The summed E-state index contributed by atoms with van der Waals surface area (Å²) < 4.78 is 27.6. The molecule has 7 heteroatoms. The molecule has 0 unspecified atom stereocenters. The number of nitrogens with zero attached hydrogens (tertiary/aromatic N) is 3. The maximum Gasteiger partial charge on any atom is 0.274 e. The van der Waals surface area contributed by atoms with Crippen molar-refractivity contribution in [2.24, 2.45) is 5.92 Å². The van der Waals surface area contributed by atoms with Gasteiger partial charge in [0, 0.05) is 48.1 Å². The Morgan fingerprint density at radius 3 is 2.73 bits per heavy atom. The average molecular weight is 447 g/mol. The Morgan fingerprint density at radius 1 is 1.12 bits per heavy atom. The van der Waals surface area contributed by atoms with Crippen molar-refractivity contribution < 1.29 is 13.6 Å². The van der Waals surface area contributed by atoms with Crippen molar-refractivity contribution in [3.63, 3.8) is 0 Å². The van der Waals surface area contributed by atoms with Crippen LogP contribution in [0.1, 0.15) is 34.5 Å². The second-order valence-electron chi connectivity index (χ2n) is 8.67. The Morgan fingerprint density at radius 2 is 1.94 bits per heavy atom. The highest BCUT2D eigenvalue weighted by atomic mass is 19.1. The number of nitrogens with one attached hydrogen (secondary N) is 1. The molecule has 5 rings (SSSR count). The third-order valence-electron chi connectivity index (χ3n) is 6.18. The zero-order valence-electron chi connectivity index (χ0n) is 18.3. The summed E-state index contributed by atoms with van der Waals surface area (Å²) in [4.78, 5) is 27.4. The number of aromatic amines is 1. The molecule has 168 valence electrons. The lowest BCUT2D eigenvalue weighted by Gasteiger charge is -2.23. The van der Waals surface area contributed by atoms with E-state index in [0.717, 1.165) is 29.3 Å². The van der Waals surface area contributed by atoms with E-state index in [1.807, 2.05) is 11.1 Å². The Hall–Kier alpha value is -3.61. The number of fused-ring (bicyclic) bond motifs is 1. The van der Waals surface area contributed by atoms with E-state index in [9.17, 15) is 13.6 Å². The number of rotatable bonds is 7. The van der Waals surface area contributed by atoms with E-state index in [-0.39, 0.29) is 23.2 Å². The molecule has 1 saturated carbocycles. The largest absolute Gasteiger partial charge is 0.361 e. The summed E-state index contributed by atoms with van der Waals surface area (Å²) in [5.74, 6) is -0.297. The number of hydrogen-bond acceptors (Lipinski definition) is 3. The van der Waals surface area contributed by atoms with Crippen LogP contribution in [0.2, 0.25) is 0 Å². The molecule has 0 bridgehead atoms. The second kappa shape index (κ2) is 8.73. The summed E-state index contributed by atoms with van der Waals surface area (Å²) in [6.45, 7) is 2.81. The zero-order valence-corrected chi connectivity index (χ0v) is 18.3. The van der Waals surface area contributed by atoms with Gasteiger partial charge in [-0.2, -0.15) is 0 Å². The van der Waals surface area contributed by atoms with Crippen LogP contribution >= 0.6 is 0 Å². The van der Waals surface area contributed by atoms with Crippen molar-refractivity contribution in [3.05, 3.63) is 83.4 Å². The van der Waals surface area contributed by atoms with Crippen LogP contribution in [0.4, 0.5) is 8.78 Å². The van der Waals surface area contributed by atoms with E-state index in [0.29, 0.717) is 42.2 Å². The number of carbonyl (C=O) groups is 1. The normalized spacial score (nSPS) is 13.4. The summed E-state index contributed by atoms with van der Waals surface area (Å²) in [6, 6.07) is 9.35. The quantitative estimate of drug-likeness (QED) is 0.419. The van der Waals surface area contributed by atoms with Crippen molar-refractivity contribution in [2.75, 3.05) is 13.1 Å². The maximum atomic E-state index is 13.8. The van der Waals surface area contributed by atoms with Gasteiger partial charge in [0.2, 0.25) is 0 Å². The fourth-order valence-electron chi connectivity index (χ4n) is 4.15. The standard InChI is InChI=1S/C26H24F2N4O/c1-16-12-18(4-6-22(16)28)24-25(30-10-9-29-24)26(33)32(15-17-2-3-17)11-8-19-14-31-23-7-5-20(27)13-21(19)23/h4-7,9-10,12-14,17,31H,2-3,8,11,15H2,1H3. The number of aryl methyl sites for hydroxylation is 1. The van der Waals surface area contributed by atoms with Crippen molar-refractivity contribution in [1.29, 1.82) is 0 Å². The number of amides is 1. The maximum absolute atomic E-state index is 13.8. The molecular weight excluding hydrogens is 422 g/mol. The van der Waals surface area contributed by atoms with E-state index < -0.39 is 0 Å². The predicted octanol–water partition coefficient (Wildman–Crippen LogP) is 5.31. The number of aromatic nitrogens is 3. The number of hydrogen-bond donors (Lipinski definition) is 1. The first-order valence-corrected chi connectivity index (χ1v) is 11.1. The molecule has 1 N–H and O–H groups in total. The number of H-pyrrole nitrogens is 1. The number of halogens is 2. The van der Waals surface area contributed by atoms with Crippen LogP contribution in [0.25, 0.3) is 22.2 Å². The summed E-state index contributed by atoms with van der Waals surface area (Å²) in [5.41, 5.74) is 3.68. The molecule has 0 saturated heterocycles. The smallest absolute Gasteiger partial charge is 0.274 e. The number of benzene rings is 2. The lowest BCUT2D eigenvalue weighted by atomic mass is 10.1. The Labute approximate surface area is 190 Å². The molecular formula is C26H24F2N4O. The minimum Gasteiger partial charge on any atom is -0.361 e. The zero-order chi connectivity index (χ0) is 22.9. The van der Waals surface area contributed by atoms with Crippen molar-refractivity contribution in [3.8, 4) is 11.3 Å². The van der Waals surface area contributed by atoms with Gasteiger partial charge in [-0.3, -0.25) is 9.78 Å². The molecule has 1 aliphatic carbocycles. The average Bonchev–Trinajstić information content (AvgIpc) is 3.56. The van der Waals surface area contributed by atoms with E-state index in [4.69, 9.17) is 0 Å². The molecule has 4 aromatic rings. The van der Waals surface area contributed by atoms with Gasteiger partial charge in [0.1, 0.15) is 17.3 Å². The Bertz CT molecular complexity index is 1330. The fraction of sp³-hybridized carbons (Fsp3) is 0.269. The first kappa shape index (κ1) is 21.2. The van der Waals surface area contributed by atoms with Crippen molar-refractivity contribution in [1.82, 2.24) is 19.9 Å². The Balaban J connectivity index is 1.43. The predicted molar refractivity (Wildman–Crippen MR) is 123 cm³/mol. The van der Waals surface area contributed by atoms with Crippen LogP contribution in [0, 0.1) is 24.5 Å². The van der Waals surface area contributed by atoms with Gasteiger partial charge in [-0.15, -0.1) is 0 Å². The van der Waals surface area contributed by atoms with Crippen molar-refractivity contribution in [2.45, 2.75) is 26.2 Å². The summed E-state index contributed by atoms with van der Waals surface area (Å²) in [5, 5.41) is 0.829.